The Morgan fingerprint density at radius 2 is 1.94 bits per heavy atom. The summed E-state index contributed by atoms with van der Waals surface area (Å²) >= 11 is 0. The third-order valence-corrected chi connectivity index (χ3v) is 2.45. The number of nitrogens with one attached hydrogen (secondary N) is 1. The molecule has 0 aliphatic rings. The Morgan fingerprint density at radius 3 is 2.67 bits per heavy atom. The van der Waals surface area contributed by atoms with E-state index in [-0.39, 0.29) is 5.82 Å². The van der Waals surface area contributed by atoms with Crippen LogP contribution in [0.2, 0.25) is 0 Å². The summed E-state index contributed by atoms with van der Waals surface area (Å²) in [6.07, 6.45) is 0. The molecule has 2 rings (SSSR count). The molecule has 0 bridgehead atoms. The van der Waals surface area contributed by atoms with Crippen LogP contribution in [0.25, 0.3) is 0 Å². The van der Waals surface area contributed by atoms with Crippen molar-refractivity contribution in [2.45, 2.75) is 6.92 Å². The number of halogens is 1. The van der Waals surface area contributed by atoms with Crippen molar-refractivity contribution < 1.29 is 9.13 Å². The van der Waals surface area contributed by atoms with Gasteiger partial charge in [0.05, 0.1) is 18.0 Å². The number of ether oxygens (including phenoxy) is 1. The number of benzene rings is 2. The van der Waals surface area contributed by atoms with Gasteiger partial charge in [0, 0.05) is 5.69 Å². The number of para-hydroxylation sites is 2. The Kier molecular flexibility index (Phi) is 3.67. The third kappa shape index (κ3) is 2.71. The molecule has 0 aromatic heterocycles. The minimum absolute atomic E-state index is 0.372. The van der Waals surface area contributed by atoms with Crippen molar-refractivity contribution in [1.82, 2.24) is 0 Å². The molecule has 0 aliphatic carbocycles. The van der Waals surface area contributed by atoms with Crippen LogP contribution in [0.3, 0.4) is 0 Å². The first-order valence-electron chi connectivity index (χ1n) is 5.74. The van der Waals surface area contributed by atoms with Gasteiger partial charge in [0.25, 0.3) is 0 Å². The molecule has 0 saturated carbocycles. The van der Waals surface area contributed by atoms with Gasteiger partial charge in [0.1, 0.15) is 11.6 Å². The molecule has 0 heterocycles. The third-order valence-electron chi connectivity index (χ3n) is 2.45. The largest absolute Gasteiger partial charge is 0.492 e. The average Bonchev–Trinajstić information content (AvgIpc) is 2.35. The fraction of sp³-hybridized carbons (Fsp3) is 0.143. The molecule has 0 fully saturated rings. The summed E-state index contributed by atoms with van der Waals surface area (Å²) in [7, 11) is 0. The lowest BCUT2D eigenvalue weighted by Gasteiger charge is -2.12. The van der Waals surface area contributed by atoms with Crippen molar-refractivity contribution in [1.29, 1.82) is 0 Å². The average molecular weight is 246 g/mol. The molecule has 2 aromatic rings. The van der Waals surface area contributed by atoms with Crippen LogP contribution in [0.1, 0.15) is 6.92 Å². The minimum Gasteiger partial charge on any atom is -0.492 e. The van der Waals surface area contributed by atoms with Crippen LogP contribution in [0, 0.1) is 5.82 Å². The van der Waals surface area contributed by atoms with Gasteiger partial charge in [-0.2, -0.15) is 0 Å². The van der Waals surface area contributed by atoms with Gasteiger partial charge in [-0.05, 0) is 37.3 Å². The summed E-state index contributed by atoms with van der Waals surface area (Å²) in [6.45, 7) is 2.46. The lowest BCUT2D eigenvalue weighted by molar-refractivity contribution is 0.342. The van der Waals surface area contributed by atoms with Crippen LogP contribution in [0.5, 0.6) is 5.75 Å². The molecule has 0 radical (unpaired) electrons. The van der Waals surface area contributed by atoms with Gasteiger partial charge in [0.15, 0.2) is 0 Å². The zero-order chi connectivity index (χ0) is 13.0. The van der Waals surface area contributed by atoms with E-state index in [0.29, 0.717) is 23.7 Å². The maximum absolute atomic E-state index is 13.7. The molecule has 3 nitrogen and oxygen atoms in total. The number of nitrogens with two attached hydrogens (primary N) is 1. The molecule has 3 N–H and O–H groups in total. The van der Waals surface area contributed by atoms with Crippen LogP contribution < -0.4 is 15.8 Å². The highest BCUT2D eigenvalue weighted by molar-refractivity contribution is 5.67. The monoisotopic (exact) mass is 246 g/mol. The van der Waals surface area contributed by atoms with E-state index in [1.807, 2.05) is 31.2 Å². The quantitative estimate of drug-likeness (QED) is 0.811. The molecule has 2 aromatic carbocycles. The molecule has 0 unspecified atom stereocenters. The SMILES string of the molecule is CCOc1ccccc1Nc1ccc(N)cc1F. The predicted molar refractivity (Wildman–Crippen MR) is 71.7 cm³/mol. The number of nitrogen functional groups attached to an aromatic ring is 1. The maximum atomic E-state index is 13.7. The molecule has 0 amide bonds. The Balaban J connectivity index is 2.28. The van der Waals surface area contributed by atoms with Crippen molar-refractivity contribution in [3.05, 3.63) is 48.3 Å². The van der Waals surface area contributed by atoms with E-state index >= 15 is 0 Å². The smallest absolute Gasteiger partial charge is 0.148 e. The molecule has 18 heavy (non-hydrogen) atoms. The second-order valence-electron chi connectivity index (χ2n) is 3.79. The van der Waals surface area contributed by atoms with E-state index in [1.54, 1.807) is 12.1 Å². The summed E-state index contributed by atoms with van der Waals surface area (Å²) in [6, 6.07) is 11.9. The van der Waals surface area contributed by atoms with Gasteiger partial charge in [-0.3, -0.25) is 0 Å². The Hall–Kier alpha value is -2.23. The molecular formula is C14H15FN2O. The maximum Gasteiger partial charge on any atom is 0.148 e. The highest BCUT2D eigenvalue weighted by Crippen LogP contribution is 2.29. The van der Waals surface area contributed by atoms with E-state index in [4.69, 9.17) is 10.5 Å². The minimum atomic E-state index is -0.388. The summed E-state index contributed by atoms with van der Waals surface area (Å²) in [5.74, 6) is 0.303. The topological polar surface area (TPSA) is 47.3 Å². The van der Waals surface area contributed by atoms with Crippen molar-refractivity contribution in [3.63, 3.8) is 0 Å². The second-order valence-corrected chi connectivity index (χ2v) is 3.79. The standard InChI is InChI=1S/C14H15FN2O/c1-2-18-14-6-4-3-5-13(14)17-12-8-7-10(16)9-11(12)15/h3-9,17H,2,16H2,1H3. The van der Waals surface area contributed by atoms with E-state index in [9.17, 15) is 4.39 Å². The zero-order valence-corrected chi connectivity index (χ0v) is 10.1. The van der Waals surface area contributed by atoms with Crippen LogP contribution in [0.15, 0.2) is 42.5 Å². The van der Waals surface area contributed by atoms with Gasteiger partial charge >= 0.3 is 0 Å². The molecule has 0 spiro atoms. The van der Waals surface area contributed by atoms with Crippen molar-refractivity contribution >= 4 is 17.1 Å². The number of anilines is 3. The zero-order valence-electron chi connectivity index (χ0n) is 10.1. The van der Waals surface area contributed by atoms with Crippen LogP contribution >= 0.6 is 0 Å². The number of hydrogen-bond donors (Lipinski definition) is 2. The highest BCUT2D eigenvalue weighted by Gasteiger charge is 2.06. The van der Waals surface area contributed by atoms with Gasteiger partial charge in [-0.1, -0.05) is 12.1 Å². The van der Waals surface area contributed by atoms with E-state index in [1.165, 1.54) is 6.07 Å². The lowest BCUT2D eigenvalue weighted by atomic mass is 10.2. The van der Waals surface area contributed by atoms with Crippen molar-refractivity contribution in [3.8, 4) is 5.75 Å². The summed E-state index contributed by atoms with van der Waals surface area (Å²) in [5, 5.41) is 3.00. The summed E-state index contributed by atoms with van der Waals surface area (Å²) < 4.78 is 19.1. The first-order chi connectivity index (χ1) is 8.70. The Bertz CT molecular complexity index is 543. The highest BCUT2D eigenvalue weighted by atomic mass is 19.1. The molecule has 0 aliphatic heterocycles. The van der Waals surface area contributed by atoms with Crippen LogP contribution in [-0.2, 0) is 0 Å². The van der Waals surface area contributed by atoms with Gasteiger partial charge in [-0.15, -0.1) is 0 Å². The molecule has 0 atom stereocenters. The van der Waals surface area contributed by atoms with Gasteiger partial charge in [0.2, 0.25) is 0 Å². The normalized spacial score (nSPS) is 10.1. The predicted octanol–water partition coefficient (Wildman–Crippen LogP) is 3.55. The fourth-order valence-electron chi connectivity index (χ4n) is 1.63. The summed E-state index contributed by atoms with van der Waals surface area (Å²) in [4.78, 5) is 0. The second kappa shape index (κ2) is 5.40. The van der Waals surface area contributed by atoms with E-state index in [0.717, 1.165) is 5.69 Å². The van der Waals surface area contributed by atoms with Gasteiger partial charge < -0.3 is 15.8 Å². The molecule has 0 saturated heterocycles. The van der Waals surface area contributed by atoms with E-state index < -0.39 is 0 Å². The Morgan fingerprint density at radius 1 is 1.17 bits per heavy atom. The van der Waals surface area contributed by atoms with Gasteiger partial charge in [-0.25, -0.2) is 4.39 Å². The van der Waals surface area contributed by atoms with Crippen molar-refractivity contribution in [2.24, 2.45) is 0 Å². The van der Waals surface area contributed by atoms with Crippen LogP contribution in [-0.4, -0.2) is 6.61 Å². The first kappa shape index (κ1) is 12.2. The number of hydrogen-bond acceptors (Lipinski definition) is 3. The number of rotatable bonds is 4. The lowest BCUT2D eigenvalue weighted by Crippen LogP contribution is -1.99. The van der Waals surface area contributed by atoms with Crippen LogP contribution in [0.4, 0.5) is 21.5 Å². The summed E-state index contributed by atoms with van der Waals surface area (Å²) in [5.41, 5.74) is 7.00. The molecule has 94 valence electrons. The molecular weight excluding hydrogens is 231 g/mol. The van der Waals surface area contributed by atoms with Crippen molar-refractivity contribution in [2.75, 3.05) is 17.7 Å². The van der Waals surface area contributed by atoms with E-state index in [2.05, 4.69) is 5.32 Å². The first-order valence-corrected chi connectivity index (χ1v) is 5.74. The fourth-order valence-corrected chi connectivity index (χ4v) is 1.63. The Labute approximate surface area is 105 Å². The molecule has 4 heteroatoms.